The van der Waals surface area contributed by atoms with Gasteiger partial charge in [0, 0.05) is 12.1 Å². The van der Waals surface area contributed by atoms with Gasteiger partial charge in [0.05, 0.1) is 5.54 Å². The van der Waals surface area contributed by atoms with Gasteiger partial charge in [0.25, 0.3) is 0 Å². The Labute approximate surface area is 171 Å². The number of carbonyl (C=O) groups is 1. The first-order valence-electron chi connectivity index (χ1n) is 10.7. The molecule has 0 spiro atoms. The first kappa shape index (κ1) is 22.5. The molecule has 1 aliphatic rings. The Morgan fingerprint density at radius 2 is 1.57 bits per heavy atom. The molecule has 0 aromatic heterocycles. The van der Waals surface area contributed by atoms with E-state index in [4.69, 9.17) is 4.84 Å². The van der Waals surface area contributed by atoms with Crippen LogP contribution in [0.3, 0.4) is 0 Å². The molecule has 0 atom stereocenters. The van der Waals surface area contributed by atoms with E-state index in [1.807, 2.05) is 41.5 Å². The summed E-state index contributed by atoms with van der Waals surface area (Å²) in [6.07, 6.45) is 6.99. The van der Waals surface area contributed by atoms with Crippen molar-refractivity contribution in [2.75, 3.05) is 6.54 Å². The van der Waals surface area contributed by atoms with Crippen molar-refractivity contribution in [2.24, 2.45) is 0 Å². The second-order valence-electron chi connectivity index (χ2n) is 8.85. The standard InChI is InChI=1S/C24H38N2O2/c1-8-23(9-2)19-25(22(5,6)7)21(27)24(10-3,11-4)26(23)28-18-17-20-15-13-12-14-16-20/h12-18H,8-11,19H2,1-7H3/b18-17+. The molecule has 28 heavy (non-hydrogen) atoms. The summed E-state index contributed by atoms with van der Waals surface area (Å²) in [7, 11) is 0. The van der Waals surface area contributed by atoms with Crippen LogP contribution in [0.15, 0.2) is 36.6 Å². The van der Waals surface area contributed by atoms with E-state index in [1.165, 1.54) is 0 Å². The number of benzene rings is 1. The summed E-state index contributed by atoms with van der Waals surface area (Å²) in [5, 5.41) is 2.05. The molecule has 1 heterocycles. The highest BCUT2D eigenvalue weighted by Gasteiger charge is 2.59. The summed E-state index contributed by atoms with van der Waals surface area (Å²) in [6, 6.07) is 10.1. The number of amides is 1. The fourth-order valence-electron chi connectivity index (χ4n) is 4.31. The first-order chi connectivity index (χ1) is 13.2. The molecule has 1 saturated heterocycles. The average Bonchev–Trinajstić information content (AvgIpc) is 2.69. The number of rotatable bonds is 7. The number of carbonyl (C=O) groups excluding carboxylic acids is 1. The first-order valence-corrected chi connectivity index (χ1v) is 10.7. The Kier molecular flexibility index (Phi) is 6.97. The van der Waals surface area contributed by atoms with Crippen LogP contribution in [0.2, 0.25) is 0 Å². The molecule has 156 valence electrons. The van der Waals surface area contributed by atoms with Gasteiger partial charge in [-0.15, -0.1) is 5.06 Å². The Morgan fingerprint density at radius 3 is 2.04 bits per heavy atom. The zero-order chi connectivity index (χ0) is 21.0. The van der Waals surface area contributed by atoms with Gasteiger partial charge in [0.2, 0.25) is 5.91 Å². The summed E-state index contributed by atoms with van der Waals surface area (Å²) < 4.78 is 0. The van der Waals surface area contributed by atoms with Crippen LogP contribution in [-0.2, 0) is 9.63 Å². The molecule has 1 fully saturated rings. The van der Waals surface area contributed by atoms with Crippen LogP contribution in [0.1, 0.15) is 79.7 Å². The van der Waals surface area contributed by atoms with Crippen LogP contribution >= 0.6 is 0 Å². The van der Waals surface area contributed by atoms with Crippen molar-refractivity contribution in [2.45, 2.75) is 90.8 Å². The molecule has 0 saturated carbocycles. The van der Waals surface area contributed by atoms with E-state index >= 15 is 0 Å². The Bertz CT molecular complexity index is 668. The number of nitrogens with zero attached hydrogens (tertiary/aromatic N) is 2. The van der Waals surface area contributed by atoms with Crippen LogP contribution in [0.5, 0.6) is 0 Å². The third kappa shape index (κ3) is 3.98. The SMILES string of the molecule is CCC1(CC)CN(C(C)(C)C)C(=O)C(CC)(CC)N1O/C=C/c1ccccc1. The average molecular weight is 387 g/mol. The van der Waals surface area contributed by atoms with E-state index in [-0.39, 0.29) is 17.0 Å². The number of piperazine rings is 1. The topological polar surface area (TPSA) is 32.8 Å². The normalized spacial score (nSPS) is 20.0. The minimum absolute atomic E-state index is 0.177. The lowest BCUT2D eigenvalue weighted by atomic mass is 9.77. The van der Waals surface area contributed by atoms with Crippen molar-refractivity contribution in [3.63, 3.8) is 0 Å². The molecule has 0 radical (unpaired) electrons. The summed E-state index contributed by atoms with van der Waals surface area (Å²) in [5.74, 6) is 0.177. The van der Waals surface area contributed by atoms with Gasteiger partial charge >= 0.3 is 0 Å². The Morgan fingerprint density at radius 1 is 1.00 bits per heavy atom. The zero-order valence-corrected chi connectivity index (χ0v) is 18.8. The van der Waals surface area contributed by atoms with Crippen LogP contribution in [0.25, 0.3) is 6.08 Å². The molecular weight excluding hydrogens is 348 g/mol. The predicted molar refractivity (Wildman–Crippen MR) is 116 cm³/mol. The fraction of sp³-hybridized carbons (Fsp3) is 0.625. The molecule has 0 bridgehead atoms. The van der Waals surface area contributed by atoms with Gasteiger partial charge in [-0.3, -0.25) is 4.79 Å². The highest BCUT2D eigenvalue weighted by Crippen LogP contribution is 2.44. The van der Waals surface area contributed by atoms with E-state index in [1.54, 1.807) is 6.26 Å². The summed E-state index contributed by atoms with van der Waals surface area (Å²) >= 11 is 0. The molecule has 1 aliphatic heterocycles. The number of hydroxylamine groups is 2. The van der Waals surface area contributed by atoms with E-state index in [9.17, 15) is 4.79 Å². The van der Waals surface area contributed by atoms with Gasteiger partial charge in [0.15, 0.2) is 0 Å². The van der Waals surface area contributed by atoms with Crippen LogP contribution in [0, 0.1) is 0 Å². The minimum atomic E-state index is -0.654. The molecule has 1 aromatic carbocycles. The van der Waals surface area contributed by atoms with E-state index in [0.29, 0.717) is 6.54 Å². The largest absolute Gasteiger partial charge is 0.412 e. The number of hydrogen-bond donors (Lipinski definition) is 0. The molecule has 1 aromatic rings. The third-order valence-corrected chi connectivity index (χ3v) is 6.44. The number of hydrogen-bond acceptors (Lipinski definition) is 3. The summed E-state index contributed by atoms with van der Waals surface area (Å²) in [6.45, 7) is 15.7. The Hall–Kier alpha value is -1.81. The molecular formula is C24H38N2O2. The highest BCUT2D eigenvalue weighted by atomic mass is 16.7. The summed E-state index contributed by atoms with van der Waals surface area (Å²) in [5.41, 5.74) is 0.000435. The van der Waals surface area contributed by atoms with Gasteiger partial charge in [-0.1, -0.05) is 58.0 Å². The summed E-state index contributed by atoms with van der Waals surface area (Å²) in [4.78, 5) is 22.1. The maximum Gasteiger partial charge on any atom is 0.246 e. The fourth-order valence-corrected chi connectivity index (χ4v) is 4.31. The molecule has 2 rings (SSSR count). The van der Waals surface area contributed by atoms with Crippen molar-refractivity contribution >= 4 is 12.0 Å². The minimum Gasteiger partial charge on any atom is -0.412 e. The van der Waals surface area contributed by atoms with Crippen molar-refractivity contribution in [1.29, 1.82) is 0 Å². The molecule has 0 unspecified atom stereocenters. The molecule has 4 nitrogen and oxygen atoms in total. The van der Waals surface area contributed by atoms with Gasteiger partial charge < -0.3 is 9.74 Å². The van der Waals surface area contributed by atoms with Gasteiger partial charge in [-0.05, 0) is 58.1 Å². The van der Waals surface area contributed by atoms with Crippen LogP contribution < -0.4 is 0 Å². The second-order valence-corrected chi connectivity index (χ2v) is 8.85. The van der Waals surface area contributed by atoms with Gasteiger partial charge in [0.1, 0.15) is 11.8 Å². The van der Waals surface area contributed by atoms with Crippen molar-refractivity contribution in [3.8, 4) is 0 Å². The highest BCUT2D eigenvalue weighted by molar-refractivity contribution is 5.88. The molecule has 0 N–H and O–H groups in total. The van der Waals surface area contributed by atoms with Crippen molar-refractivity contribution in [3.05, 3.63) is 42.2 Å². The molecule has 1 amide bonds. The van der Waals surface area contributed by atoms with Crippen molar-refractivity contribution in [1.82, 2.24) is 9.96 Å². The quantitative estimate of drug-likeness (QED) is 0.568. The van der Waals surface area contributed by atoms with E-state index in [2.05, 4.69) is 53.4 Å². The van der Waals surface area contributed by atoms with Gasteiger partial charge in [-0.25, -0.2) is 0 Å². The maximum absolute atomic E-state index is 13.7. The second kappa shape index (κ2) is 8.69. The lowest BCUT2D eigenvalue weighted by Crippen LogP contribution is -2.76. The lowest BCUT2D eigenvalue weighted by molar-refractivity contribution is -0.274. The molecule has 0 aliphatic carbocycles. The molecule has 4 heteroatoms. The van der Waals surface area contributed by atoms with Crippen LogP contribution in [-0.4, -0.2) is 39.0 Å². The smallest absolute Gasteiger partial charge is 0.246 e. The lowest BCUT2D eigenvalue weighted by Gasteiger charge is -2.59. The predicted octanol–water partition coefficient (Wildman–Crippen LogP) is 5.65. The van der Waals surface area contributed by atoms with E-state index in [0.717, 1.165) is 31.2 Å². The zero-order valence-electron chi connectivity index (χ0n) is 18.8. The van der Waals surface area contributed by atoms with Gasteiger partial charge in [-0.2, -0.15) is 0 Å². The van der Waals surface area contributed by atoms with Crippen molar-refractivity contribution < 1.29 is 9.63 Å². The maximum atomic E-state index is 13.7. The Balaban J connectivity index is 2.48. The monoisotopic (exact) mass is 386 g/mol. The van der Waals surface area contributed by atoms with Crippen LogP contribution in [0.4, 0.5) is 0 Å². The third-order valence-electron chi connectivity index (χ3n) is 6.44. The van der Waals surface area contributed by atoms with E-state index < -0.39 is 5.54 Å².